The first-order valence-electron chi connectivity index (χ1n) is 6.67. The van der Waals surface area contributed by atoms with Crippen LogP contribution in [0.2, 0.25) is 5.15 Å². The number of hydrogen-bond acceptors (Lipinski definition) is 5. The van der Waals surface area contributed by atoms with Crippen molar-refractivity contribution in [3.05, 3.63) is 47.2 Å². The Morgan fingerprint density at radius 2 is 1.91 bits per heavy atom. The maximum Gasteiger partial charge on any atom is 0.244 e. The molecule has 0 aliphatic carbocycles. The van der Waals surface area contributed by atoms with Crippen molar-refractivity contribution in [3.8, 4) is 11.5 Å². The number of halogens is 1. The molecule has 0 bridgehead atoms. The number of hydrogen-bond donors (Lipinski definition) is 0. The Morgan fingerprint density at radius 3 is 2.48 bits per heavy atom. The van der Waals surface area contributed by atoms with Crippen LogP contribution in [0.1, 0.15) is 5.56 Å². The molecule has 0 saturated heterocycles. The molecule has 124 valence electrons. The van der Waals surface area contributed by atoms with Crippen molar-refractivity contribution in [2.45, 2.75) is 11.4 Å². The molecule has 0 unspecified atom stereocenters. The quantitative estimate of drug-likeness (QED) is 0.744. The van der Waals surface area contributed by atoms with Gasteiger partial charge in [-0.2, -0.15) is 4.31 Å². The molecule has 23 heavy (non-hydrogen) atoms. The van der Waals surface area contributed by atoms with Gasteiger partial charge in [-0.1, -0.05) is 17.7 Å². The lowest BCUT2D eigenvalue weighted by atomic mass is 10.2. The van der Waals surface area contributed by atoms with Gasteiger partial charge < -0.3 is 9.47 Å². The average molecular weight is 357 g/mol. The van der Waals surface area contributed by atoms with Gasteiger partial charge in [0, 0.05) is 31.4 Å². The summed E-state index contributed by atoms with van der Waals surface area (Å²) in [5.74, 6) is 1.19. The van der Waals surface area contributed by atoms with Gasteiger partial charge in [0.2, 0.25) is 10.0 Å². The molecule has 2 rings (SSSR count). The zero-order valence-electron chi connectivity index (χ0n) is 13.0. The highest BCUT2D eigenvalue weighted by Crippen LogP contribution is 2.27. The molecule has 0 spiro atoms. The van der Waals surface area contributed by atoms with Crippen LogP contribution in [0, 0.1) is 0 Å². The van der Waals surface area contributed by atoms with Gasteiger partial charge in [0.05, 0.1) is 14.2 Å². The smallest absolute Gasteiger partial charge is 0.244 e. The molecule has 2 aromatic rings. The maximum atomic E-state index is 12.5. The lowest BCUT2D eigenvalue weighted by Crippen LogP contribution is -2.26. The van der Waals surface area contributed by atoms with Gasteiger partial charge in [0.25, 0.3) is 0 Å². The number of ether oxygens (including phenoxy) is 2. The first-order valence-corrected chi connectivity index (χ1v) is 8.49. The van der Waals surface area contributed by atoms with E-state index in [2.05, 4.69) is 4.98 Å². The standard InChI is InChI=1S/C15H17ClN2O4S/c1-18(23(19,20)13-6-7-15(16)17-9-13)10-11-4-5-12(21-2)8-14(11)22-3/h4-9H,10H2,1-3H3. The minimum absolute atomic E-state index is 0.0804. The predicted molar refractivity (Wildman–Crippen MR) is 87.4 cm³/mol. The summed E-state index contributed by atoms with van der Waals surface area (Å²) in [5, 5.41) is 0.239. The molecule has 1 aromatic heterocycles. The van der Waals surface area contributed by atoms with Crippen LogP contribution in [-0.2, 0) is 16.6 Å². The van der Waals surface area contributed by atoms with Gasteiger partial charge in [-0.05, 0) is 18.2 Å². The van der Waals surface area contributed by atoms with Crippen molar-refractivity contribution >= 4 is 21.6 Å². The zero-order valence-corrected chi connectivity index (χ0v) is 14.6. The van der Waals surface area contributed by atoms with Crippen LogP contribution in [0.3, 0.4) is 0 Å². The topological polar surface area (TPSA) is 68.7 Å². The molecule has 6 nitrogen and oxygen atoms in total. The van der Waals surface area contributed by atoms with Crippen molar-refractivity contribution in [2.24, 2.45) is 0 Å². The second kappa shape index (κ2) is 7.16. The normalized spacial score (nSPS) is 11.5. The van der Waals surface area contributed by atoms with E-state index in [1.54, 1.807) is 25.3 Å². The summed E-state index contributed by atoms with van der Waals surface area (Å²) in [6, 6.07) is 8.09. The maximum absolute atomic E-state index is 12.5. The van der Waals surface area contributed by atoms with E-state index in [1.165, 1.54) is 36.8 Å². The molecule has 0 saturated carbocycles. The molecule has 8 heteroatoms. The highest BCUT2D eigenvalue weighted by atomic mass is 35.5. The molecule has 1 heterocycles. The van der Waals surface area contributed by atoms with Crippen molar-refractivity contribution in [3.63, 3.8) is 0 Å². The van der Waals surface area contributed by atoms with Gasteiger partial charge in [-0.25, -0.2) is 13.4 Å². The number of sulfonamides is 1. The van der Waals surface area contributed by atoms with E-state index in [0.717, 1.165) is 5.56 Å². The molecule has 1 aromatic carbocycles. The monoisotopic (exact) mass is 356 g/mol. The van der Waals surface area contributed by atoms with Crippen LogP contribution >= 0.6 is 11.6 Å². The van der Waals surface area contributed by atoms with E-state index in [4.69, 9.17) is 21.1 Å². The summed E-state index contributed by atoms with van der Waals surface area (Å²) in [4.78, 5) is 3.89. The molecule has 0 fully saturated rings. The lowest BCUT2D eigenvalue weighted by molar-refractivity contribution is 0.384. The number of aromatic nitrogens is 1. The Kier molecular flexibility index (Phi) is 5.46. The fraction of sp³-hybridized carbons (Fsp3) is 0.267. The Labute approximate surface area is 140 Å². The molecule has 0 aliphatic rings. The van der Waals surface area contributed by atoms with Crippen molar-refractivity contribution in [1.29, 1.82) is 0 Å². The Bertz CT molecular complexity index is 779. The first-order chi connectivity index (χ1) is 10.9. The molecule has 0 radical (unpaired) electrons. The molecule has 0 amide bonds. The summed E-state index contributed by atoms with van der Waals surface area (Å²) in [6.45, 7) is 0.151. The van der Waals surface area contributed by atoms with Crippen molar-refractivity contribution in [2.75, 3.05) is 21.3 Å². The van der Waals surface area contributed by atoms with E-state index in [1.807, 2.05) is 0 Å². The second-order valence-corrected chi connectivity index (χ2v) is 7.19. The van der Waals surface area contributed by atoms with Gasteiger partial charge in [0.1, 0.15) is 21.5 Å². The first kappa shape index (κ1) is 17.5. The third-order valence-corrected chi connectivity index (χ3v) is 5.31. The van der Waals surface area contributed by atoms with Crippen LogP contribution in [-0.4, -0.2) is 39.0 Å². The van der Waals surface area contributed by atoms with Crippen molar-refractivity contribution in [1.82, 2.24) is 9.29 Å². The third-order valence-electron chi connectivity index (χ3n) is 3.30. The fourth-order valence-electron chi connectivity index (χ4n) is 2.00. The van der Waals surface area contributed by atoms with Crippen LogP contribution in [0.5, 0.6) is 11.5 Å². The zero-order chi connectivity index (χ0) is 17.0. The minimum Gasteiger partial charge on any atom is -0.497 e. The number of methoxy groups -OCH3 is 2. The van der Waals surface area contributed by atoms with Crippen LogP contribution in [0.15, 0.2) is 41.4 Å². The van der Waals surface area contributed by atoms with Gasteiger partial charge >= 0.3 is 0 Å². The fourth-order valence-corrected chi connectivity index (χ4v) is 3.21. The van der Waals surface area contributed by atoms with Crippen molar-refractivity contribution < 1.29 is 17.9 Å². The highest BCUT2D eigenvalue weighted by Gasteiger charge is 2.22. The highest BCUT2D eigenvalue weighted by molar-refractivity contribution is 7.89. The molecular weight excluding hydrogens is 340 g/mol. The number of pyridine rings is 1. The number of benzene rings is 1. The Hall–Kier alpha value is -1.83. The van der Waals surface area contributed by atoms with Crippen LogP contribution in [0.4, 0.5) is 0 Å². The molecule has 0 aliphatic heterocycles. The second-order valence-electron chi connectivity index (χ2n) is 4.76. The summed E-state index contributed by atoms with van der Waals surface area (Å²) >= 11 is 5.69. The molecular formula is C15H17ClN2O4S. The SMILES string of the molecule is COc1ccc(CN(C)S(=O)(=O)c2ccc(Cl)nc2)c(OC)c1. The summed E-state index contributed by atoms with van der Waals surface area (Å²) in [6.07, 6.45) is 1.24. The summed E-state index contributed by atoms with van der Waals surface area (Å²) in [5.41, 5.74) is 0.723. The van der Waals surface area contributed by atoms with E-state index >= 15 is 0 Å². The number of rotatable bonds is 6. The Morgan fingerprint density at radius 1 is 1.17 bits per heavy atom. The van der Waals surface area contributed by atoms with Gasteiger partial charge in [-0.3, -0.25) is 0 Å². The lowest BCUT2D eigenvalue weighted by Gasteiger charge is -2.19. The third kappa shape index (κ3) is 3.93. The van der Waals surface area contributed by atoms with E-state index in [0.29, 0.717) is 11.5 Å². The summed E-state index contributed by atoms with van der Waals surface area (Å²) in [7, 11) is 0.902. The Balaban J connectivity index is 2.27. The predicted octanol–water partition coefficient (Wildman–Crippen LogP) is 2.57. The molecule has 0 atom stereocenters. The molecule has 0 N–H and O–H groups in total. The van der Waals surface area contributed by atoms with Crippen LogP contribution < -0.4 is 9.47 Å². The van der Waals surface area contributed by atoms with E-state index in [-0.39, 0.29) is 16.6 Å². The number of nitrogens with zero attached hydrogens (tertiary/aromatic N) is 2. The van der Waals surface area contributed by atoms with Gasteiger partial charge in [0.15, 0.2) is 0 Å². The van der Waals surface area contributed by atoms with Crippen LogP contribution in [0.25, 0.3) is 0 Å². The van der Waals surface area contributed by atoms with E-state index in [9.17, 15) is 8.42 Å². The van der Waals surface area contributed by atoms with Gasteiger partial charge in [-0.15, -0.1) is 0 Å². The average Bonchev–Trinajstić information content (AvgIpc) is 2.55. The summed E-state index contributed by atoms with van der Waals surface area (Å²) < 4.78 is 36.7. The van der Waals surface area contributed by atoms with E-state index < -0.39 is 10.0 Å². The minimum atomic E-state index is -3.67. The largest absolute Gasteiger partial charge is 0.497 e.